The lowest BCUT2D eigenvalue weighted by Crippen LogP contribution is -2.06. The van der Waals surface area contributed by atoms with Crippen LogP contribution in [0, 0.1) is 5.82 Å². The maximum Gasteiger partial charge on any atom is 0.125 e. The lowest BCUT2D eigenvalue weighted by Gasteiger charge is -2.06. The normalized spacial score (nSPS) is 10.1. The van der Waals surface area contributed by atoms with Gasteiger partial charge in [-0.15, -0.1) is 0 Å². The van der Waals surface area contributed by atoms with E-state index in [1.54, 1.807) is 6.07 Å². The Bertz CT molecular complexity index is 278. The fraction of sp³-hybridized carbons (Fsp3) is 0.333. The molecule has 0 heterocycles. The minimum atomic E-state index is -0.316. The van der Waals surface area contributed by atoms with E-state index in [4.69, 9.17) is 10.8 Å². The molecule has 0 aromatic heterocycles. The van der Waals surface area contributed by atoms with Crippen LogP contribution in [-0.4, -0.2) is 18.3 Å². The van der Waals surface area contributed by atoms with Gasteiger partial charge in [-0.1, -0.05) is 0 Å². The number of benzene rings is 1. The van der Waals surface area contributed by atoms with Gasteiger partial charge >= 0.3 is 0 Å². The van der Waals surface area contributed by atoms with E-state index < -0.39 is 0 Å². The highest BCUT2D eigenvalue weighted by atomic mass is 19.1. The van der Waals surface area contributed by atoms with Crippen LogP contribution in [0.3, 0.4) is 0 Å². The largest absolute Gasteiger partial charge is 0.395 e. The van der Waals surface area contributed by atoms with Crippen molar-refractivity contribution in [3.63, 3.8) is 0 Å². The van der Waals surface area contributed by atoms with Crippen molar-refractivity contribution >= 4 is 5.69 Å². The molecule has 1 aromatic rings. The number of nitrogens with one attached hydrogen (secondary N) is 1. The van der Waals surface area contributed by atoms with Crippen molar-refractivity contribution in [2.75, 3.05) is 18.5 Å². The smallest absolute Gasteiger partial charge is 0.125 e. The molecule has 0 fully saturated rings. The van der Waals surface area contributed by atoms with Gasteiger partial charge in [-0.05, 0) is 23.8 Å². The van der Waals surface area contributed by atoms with Crippen LogP contribution in [0.15, 0.2) is 18.2 Å². The highest BCUT2D eigenvalue weighted by Gasteiger charge is 1.98. The Morgan fingerprint density at radius 1 is 1.38 bits per heavy atom. The molecule has 0 amide bonds. The van der Waals surface area contributed by atoms with E-state index in [0.29, 0.717) is 18.8 Å². The Kier molecular flexibility index (Phi) is 3.67. The van der Waals surface area contributed by atoms with Gasteiger partial charge in [0.1, 0.15) is 5.82 Å². The summed E-state index contributed by atoms with van der Waals surface area (Å²) in [6, 6.07) is 4.53. The summed E-state index contributed by atoms with van der Waals surface area (Å²) in [6.07, 6.45) is 0. The second kappa shape index (κ2) is 4.79. The molecule has 13 heavy (non-hydrogen) atoms. The summed E-state index contributed by atoms with van der Waals surface area (Å²) in [5.41, 5.74) is 6.76. The predicted molar refractivity (Wildman–Crippen MR) is 49.9 cm³/mol. The average Bonchev–Trinajstić information content (AvgIpc) is 2.14. The van der Waals surface area contributed by atoms with E-state index in [1.807, 2.05) is 0 Å². The molecular weight excluding hydrogens is 171 g/mol. The fourth-order valence-corrected chi connectivity index (χ4v) is 1.07. The molecule has 4 heteroatoms. The van der Waals surface area contributed by atoms with E-state index in [0.717, 1.165) is 5.56 Å². The van der Waals surface area contributed by atoms with Crippen molar-refractivity contribution < 1.29 is 9.50 Å². The maximum atomic E-state index is 12.9. The molecule has 3 nitrogen and oxygen atoms in total. The summed E-state index contributed by atoms with van der Waals surface area (Å²) in [4.78, 5) is 0. The number of hydrogen-bond acceptors (Lipinski definition) is 3. The molecular formula is C9H13FN2O. The van der Waals surface area contributed by atoms with Crippen molar-refractivity contribution in [1.29, 1.82) is 0 Å². The molecule has 4 N–H and O–H groups in total. The SMILES string of the molecule is NCc1cc(F)cc(NCCO)c1. The maximum absolute atomic E-state index is 12.9. The number of hydrogen-bond donors (Lipinski definition) is 3. The average molecular weight is 184 g/mol. The van der Waals surface area contributed by atoms with Gasteiger partial charge in [-0.2, -0.15) is 0 Å². The Labute approximate surface area is 76.4 Å². The van der Waals surface area contributed by atoms with E-state index in [1.165, 1.54) is 12.1 Å². The Morgan fingerprint density at radius 3 is 2.77 bits per heavy atom. The van der Waals surface area contributed by atoms with Crippen molar-refractivity contribution in [3.8, 4) is 0 Å². The lowest BCUT2D eigenvalue weighted by molar-refractivity contribution is 0.311. The van der Waals surface area contributed by atoms with Gasteiger partial charge in [0.15, 0.2) is 0 Å². The minimum absolute atomic E-state index is 0.0223. The Hall–Kier alpha value is -1.13. The quantitative estimate of drug-likeness (QED) is 0.645. The molecule has 0 atom stereocenters. The summed E-state index contributed by atoms with van der Waals surface area (Å²) >= 11 is 0. The molecule has 0 aliphatic rings. The highest BCUT2D eigenvalue weighted by Crippen LogP contribution is 2.13. The van der Waals surface area contributed by atoms with Crippen LogP contribution in [0.25, 0.3) is 0 Å². The van der Waals surface area contributed by atoms with Crippen molar-refractivity contribution in [3.05, 3.63) is 29.6 Å². The monoisotopic (exact) mass is 184 g/mol. The molecule has 0 radical (unpaired) electrons. The number of aliphatic hydroxyl groups is 1. The Morgan fingerprint density at radius 2 is 2.15 bits per heavy atom. The third-order valence-corrected chi connectivity index (χ3v) is 1.63. The molecule has 72 valence electrons. The first-order chi connectivity index (χ1) is 6.26. The zero-order valence-corrected chi connectivity index (χ0v) is 7.26. The third-order valence-electron chi connectivity index (χ3n) is 1.63. The molecule has 1 rings (SSSR count). The first-order valence-corrected chi connectivity index (χ1v) is 4.10. The van der Waals surface area contributed by atoms with E-state index >= 15 is 0 Å². The van der Waals surface area contributed by atoms with Gasteiger partial charge in [-0.25, -0.2) is 4.39 Å². The van der Waals surface area contributed by atoms with Crippen molar-refractivity contribution in [2.24, 2.45) is 5.73 Å². The lowest BCUT2D eigenvalue weighted by atomic mass is 10.2. The number of rotatable bonds is 4. The zero-order chi connectivity index (χ0) is 9.68. The highest BCUT2D eigenvalue weighted by molar-refractivity contribution is 5.46. The zero-order valence-electron chi connectivity index (χ0n) is 7.26. The van der Waals surface area contributed by atoms with Crippen LogP contribution >= 0.6 is 0 Å². The summed E-state index contributed by atoms with van der Waals surface area (Å²) in [5.74, 6) is -0.316. The second-order valence-corrected chi connectivity index (χ2v) is 2.70. The van der Waals surface area contributed by atoms with Crippen LogP contribution in [-0.2, 0) is 6.54 Å². The fourth-order valence-electron chi connectivity index (χ4n) is 1.07. The molecule has 0 saturated carbocycles. The van der Waals surface area contributed by atoms with E-state index in [9.17, 15) is 4.39 Å². The van der Waals surface area contributed by atoms with Gasteiger partial charge in [0.05, 0.1) is 6.61 Å². The van der Waals surface area contributed by atoms with Crippen molar-refractivity contribution in [1.82, 2.24) is 0 Å². The molecule has 1 aromatic carbocycles. The van der Waals surface area contributed by atoms with Crippen LogP contribution in [0.1, 0.15) is 5.56 Å². The van der Waals surface area contributed by atoms with Gasteiger partial charge in [0, 0.05) is 18.8 Å². The van der Waals surface area contributed by atoms with Crippen LogP contribution in [0.4, 0.5) is 10.1 Å². The van der Waals surface area contributed by atoms with Crippen LogP contribution in [0.5, 0.6) is 0 Å². The standard InChI is InChI=1S/C9H13FN2O/c10-8-3-7(6-11)4-9(5-8)12-1-2-13/h3-5,12-13H,1-2,6,11H2. The summed E-state index contributed by atoms with van der Waals surface area (Å²) < 4.78 is 12.9. The van der Waals surface area contributed by atoms with Gasteiger partial charge in [0.25, 0.3) is 0 Å². The topological polar surface area (TPSA) is 58.3 Å². The molecule has 0 saturated heterocycles. The molecule has 0 spiro atoms. The molecule has 0 unspecified atom stereocenters. The number of aliphatic hydroxyl groups excluding tert-OH is 1. The number of halogens is 1. The third kappa shape index (κ3) is 3.01. The Balaban J connectivity index is 2.76. The first-order valence-electron chi connectivity index (χ1n) is 4.10. The first kappa shape index (κ1) is 9.95. The van der Waals surface area contributed by atoms with Gasteiger partial charge in [0.2, 0.25) is 0 Å². The van der Waals surface area contributed by atoms with E-state index in [-0.39, 0.29) is 12.4 Å². The minimum Gasteiger partial charge on any atom is -0.395 e. The van der Waals surface area contributed by atoms with Crippen molar-refractivity contribution in [2.45, 2.75) is 6.54 Å². The molecule has 0 aliphatic heterocycles. The summed E-state index contributed by atoms with van der Waals surface area (Å²) in [6.45, 7) is 0.744. The number of nitrogens with two attached hydrogens (primary N) is 1. The second-order valence-electron chi connectivity index (χ2n) is 2.70. The van der Waals surface area contributed by atoms with E-state index in [2.05, 4.69) is 5.32 Å². The van der Waals surface area contributed by atoms with Crippen LogP contribution < -0.4 is 11.1 Å². The number of anilines is 1. The van der Waals surface area contributed by atoms with Crippen LogP contribution in [0.2, 0.25) is 0 Å². The van der Waals surface area contributed by atoms with Gasteiger partial charge < -0.3 is 16.2 Å². The summed E-state index contributed by atoms with van der Waals surface area (Å²) in [7, 11) is 0. The predicted octanol–water partition coefficient (Wildman–Crippen LogP) is 0.689. The molecule has 0 aliphatic carbocycles. The molecule has 0 bridgehead atoms. The van der Waals surface area contributed by atoms with Gasteiger partial charge in [-0.3, -0.25) is 0 Å². The summed E-state index contributed by atoms with van der Waals surface area (Å²) in [5, 5.41) is 11.4.